The lowest BCUT2D eigenvalue weighted by atomic mass is 10.1. The average molecular weight is 255 g/mol. The largest absolute Gasteiger partial charge is 0.437 e. The maximum atomic E-state index is 11.3. The number of anilines is 2. The fourth-order valence-corrected chi connectivity index (χ4v) is 2.58. The molecule has 0 atom stereocenters. The minimum Gasteiger partial charge on any atom is -0.437 e. The number of benzene rings is 1. The number of hydrogen-bond acceptors (Lipinski definition) is 3. The molecule has 3 heteroatoms. The van der Waals surface area contributed by atoms with Crippen LogP contribution < -0.4 is 4.90 Å². The Morgan fingerprint density at radius 1 is 1.16 bits per heavy atom. The van der Waals surface area contributed by atoms with Crippen molar-refractivity contribution in [3.05, 3.63) is 47.7 Å². The van der Waals surface area contributed by atoms with Crippen LogP contribution in [0.4, 0.5) is 11.6 Å². The van der Waals surface area contributed by atoms with Gasteiger partial charge >= 0.3 is 0 Å². The van der Waals surface area contributed by atoms with Gasteiger partial charge in [0, 0.05) is 25.2 Å². The van der Waals surface area contributed by atoms with E-state index in [0.717, 1.165) is 25.3 Å². The molecule has 0 fully saturated rings. The van der Waals surface area contributed by atoms with Crippen molar-refractivity contribution in [1.29, 1.82) is 0 Å². The molecule has 0 spiro atoms. The Labute approximate surface area is 112 Å². The summed E-state index contributed by atoms with van der Waals surface area (Å²) < 4.78 is 5.67. The quantitative estimate of drug-likeness (QED) is 0.762. The van der Waals surface area contributed by atoms with Gasteiger partial charge in [0.05, 0.1) is 0 Å². The molecule has 1 aliphatic rings. The molecule has 0 radical (unpaired) electrons. The summed E-state index contributed by atoms with van der Waals surface area (Å²) in [6.07, 6.45) is 3.42. The Bertz CT molecular complexity index is 600. The number of ketones is 1. The average Bonchev–Trinajstić information content (AvgIpc) is 2.80. The van der Waals surface area contributed by atoms with Gasteiger partial charge in [0.15, 0.2) is 11.5 Å². The van der Waals surface area contributed by atoms with Crippen molar-refractivity contribution >= 4 is 17.4 Å². The summed E-state index contributed by atoms with van der Waals surface area (Å²) in [5, 5.41) is 0. The van der Waals surface area contributed by atoms with Crippen LogP contribution in [0.25, 0.3) is 0 Å². The molecule has 1 aliphatic heterocycles. The van der Waals surface area contributed by atoms with E-state index < -0.39 is 0 Å². The molecule has 2 heterocycles. The zero-order valence-electron chi connectivity index (χ0n) is 11.1. The van der Waals surface area contributed by atoms with E-state index in [0.29, 0.717) is 5.76 Å². The van der Waals surface area contributed by atoms with Gasteiger partial charge in [-0.3, -0.25) is 4.79 Å². The first-order chi connectivity index (χ1) is 9.25. The number of nitrogens with zero attached hydrogens (tertiary/aromatic N) is 1. The SMILES string of the molecule is CC(=O)c1ccc(N2CCCCc3ccccc32)o1. The van der Waals surface area contributed by atoms with Crippen LogP contribution in [0.2, 0.25) is 0 Å². The molecule has 0 amide bonds. The monoisotopic (exact) mass is 255 g/mol. The molecule has 98 valence electrons. The van der Waals surface area contributed by atoms with Gasteiger partial charge in [-0.1, -0.05) is 18.2 Å². The molecule has 2 aromatic rings. The molecule has 0 N–H and O–H groups in total. The second-order valence-electron chi connectivity index (χ2n) is 4.93. The number of carbonyl (C=O) groups excluding carboxylic acids is 1. The van der Waals surface area contributed by atoms with Gasteiger partial charge in [-0.05, 0) is 37.0 Å². The molecule has 0 bridgehead atoms. The van der Waals surface area contributed by atoms with Gasteiger partial charge in [-0.25, -0.2) is 0 Å². The number of fused-ring (bicyclic) bond motifs is 1. The number of carbonyl (C=O) groups is 1. The number of hydrogen-bond donors (Lipinski definition) is 0. The summed E-state index contributed by atoms with van der Waals surface area (Å²) in [5.74, 6) is 1.16. The van der Waals surface area contributed by atoms with Gasteiger partial charge in [-0.2, -0.15) is 0 Å². The van der Waals surface area contributed by atoms with Gasteiger partial charge < -0.3 is 9.32 Å². The molecule has 1 aromatic carbocycles. The summed E-state index contributed by atoms with van der Waals surface area (Å²) in [4.78, 5) is 13.5. The lowest BCUT2D eigenvalue weighted by Gasteiger charge is -2.21. The molecule has 0 saturated heterocycles. The van der Waals surface area contributed by atoms with Crippen LogP contribution in [-0.2, 0) is 6.42 Å². The van der Waals surface area contributed by atoms with Gasteiger partial charge in [-0.15, -0.1) is 0 Å². The van der Waals surface area contributed by atoms with Crippen molar-refractivity contribution in [2.75, 3.05) is 11.4 Å². The summed E-state index contributed by atoms with van der Waals surface area (Å²) in [6, 6.07) is 12.1. The zero-order chi connectivity index (χ0) is 13.2. The second kappa shape index (κ2) is 4.92. The number of Topliss-reactive ketones (excluding diaryl/α,β-unsaturated/α-hetero) is 1. The normalized spacial score (nSPS) is 14.9. The smallest absolute Gasteiger partial charge is 0.200 e. The second-order valence-corrected chi connectivity index (χ2v) is 4.93. The van der Waals surface area contributed by atoms with Crippen LogP contribution >= 0.6 is 0 Å². The lowest BCUT2D eigenvalue weighted by Crippen LogP contribution is -2.17. The minimum atomic E-state index is -0.0330. The van der Waals surface area contributed by atoms with Gasteiger partial charge in [0.2, 0.25) is 5.88 Å². The van der Waals surface area contributed by atoms with Crippen LogP contribution in [0, 0.1) is 0 Å². The van der Waals surface area contributed by atoms with Crippen LogP contribution in [-0.4, -0.2) is 12.3 Å². The maximum absolute atomic E-state index is 11.3. The predicted molar refractivity (Wildman–Crippen MR) is 75.1 cm³/mol. The van der Waals surface area contributed by atoms with Crippen LogP contribution in [0.5, 0.6) is 0 Å². The fourth-order valence-electron chi connectivity index (χ4n) is 2.58. The van der Waals surface area contributed by atoms with E-state index in [1.807, 2.05) is 12.1 Å². The molecular formula is C16H17NO2. The van der Waals surface area contributed by atoms with Crippen molar-refractivity contribution in [2.45, 2.75) is 26.2 Å². The Morgan fingerprint density at radius 3 is 2.79 bits per heavy atom. The van der Waals surface area contributed by atoms with Gasteiger partial charge in [0.25, 0.3) is 0 Å². The first-order valence-corrected chi connectivity index (χ1v) is 6.72. The highest BCUT2D eigenvalue weighted by Gasteiger charge is 2.19. The molecular weight excluding hydrogens is 238 g/mol. The third-order valence-electron chi connectivity index (χ3n) is 3.57. The van der Waals surface area contributed by atoms with E-state index in [-0.39, 0.29) is 5.78 Å². The fraction of sp³-hybridized carbons (Fsp3) is 0.312. The standard InChI is InChI=1S/C16H17NO2/c1-12(18)15-9-10-16(19-15)17-11-5-4-7-13-6-2-3-8-14(13)17/h2-3,6,8-10H,4-5,7,11H2,1H3. The molecule has 1 aromatic heterocycles. The number of rotatable bonds is 2. The summed E-state index contributed by atoms with van der Waals surface area (Å²) >= 11 is 0. The van der Waals surface area contributed by atoms with Crippen molar-refractivity contribution < 1.29 is 9.21 Å². The van der Waals surface area contributed by atoms with Crippen molar-refractivity contribution in [3.8, 4) is 0 Å². The molecule has 0 unspecified atom stereocenters. The summed E-state index contributed by atoms with van der Waals surface area (Å²) in [7, 11) is 0. The summed E-state index contributed by atoms with van der Waals surface area (Å²) in [5.41, 5.74) is 2.55. The predicted octanol–water partition coefficient (Wildman–Crippen LogP) is 3.96. The molecule has 0 aliphatic carbocycles. The third-order valence-corrected chi connectivity index (χ3v) is 3.57. The van der Waals surface area contributed by atoms with E-state index in [4.69, 9.17) is 4.42 Å². The van der Waals surface area contributed by atoms with Crippen molar-refractivity contribution in [2.24, 2.45) is 0 Å². The topological polar surface area (TPSA) is 33.5 Å². The third kappa shape index (κ3) is 2.28. The van der Waals surface area contributed by atoms with Crippen LogP contribution in [0.3, 0.4) is 0 Å². The van der Waals surface area contributed by atoms with Crippen molar-refractivity contribution in [1.82, 2.24) is 0 Å². The van der Waals surface area contributed by atoms with E-state index in [1.54, 1.807) is 6.07 Å². The highest BCUT2D eigenvalue weighted by molar-refractivity contribution is 5.91. The maximum Gasteiger partial charge on any atom is 0.200 e. The summed E-state index contributed by atoms with van der Waals surface area (Å²) in [6.45, 7) is 2.46. The Balaban J connectivity index is 2.01. The Kier molecular flexibility index (Phi) is 3.11. The zero-order valence-corrected chi connectivity index (χ0v) is 11.1. The first kappa shape index (κ1) is 12.0. The van der Waals surface area contributed by atoms with E-state index in [9.17, 15) is 4.79 Å². The highest BCUT2D eigenvalue weighted by atomic mass is 16.4. The van der Waals surface area contributed by atoms with Crippen molar-refractivity contribution in [3.63, 3.8) is 0 Å². The molecule has 0 saturated carbocycles. The Hall–Kier alpha value is -2.03. The molecule has 19 heavy (non-hydrogen) atoms. The van der Waals surface area contributed by atoms with E-state index in [2.05, 4.69) is 23.1 Å². The Morgan fingerprint density at radius 2 is 2.00 bits per heavy atom. The molecule has 3 nitrogen and oxygen atoms in total. The number of aryl methyl sites for hydroxylation is 1. The van der Waals surface area contributed by atoms with Crippen LogP contribution in [0.1, 0.15) is 35.9 Å². The first-order valence-electron chi connectivity index (χ1n) is 6.72. The van der Waals surface area contributed by atoms with E-state index in [1.165, 1.54) is 24.6 Å². The molecule has 3 rings (SSSR count). The van der Waals surface area contributed by atoms with Crippen LogP contribution in [0.15, 0.2) is 40.8 Å². The van der Waals surface area contributed by atoms with E-state index >= 15 is 0 Å². The highest BCUT2D eigenvalue weighted by Crippen LogP contribution is 2.33. The minimum absolute atomic E-state index is 0.0330. The number of para-hydroxylation sites is 1. The van der Waals surface area contributed by atoms with Gasteiger partial charge in [0.1, 0.15) is 0 Å². The lowest BCUT2D eigenvalue weighted by molar-refractivity contribution is 0.0988. The number of furan rings is 1.